The lowest BCUT2D eigenvalue weighted by molar-refractivity contribution is -0.151. The fourth-order valence-corrected chi connectivity index (χ4v) is 4.06. The Morgan fingerprint density at radius 2 is 2.03 bits per heavy atom. The van der Waals surface area contributed by atoms with Gasteiger partial charge < -0.3 is 19.5 Å². The molecule has 1 saturated heterocycles. The Morgan fingerprint density at radius 1 is 1.26 bits per heavy atom. The molecule has 186 valence electrons. The number of ether oxygens (including phenoxy) is 3. The maximum atomic E-state index is 12.9. The molecule has 2 aliphatic rings. The predicted octanol–water partition coefficient (Wildman–Crippen LogP) is 6.62. The van der Waals surface area contributed by atoms with E-state index in [1.165, 1.54) is 12.1 Å². The summed E-state index contributed by atoms with van der Waals surface area (Å²) in [7, 11) is 0. The zero-order valence-electron chi connectivity index (χ0n) is 19.0. The van der Waals surface area contributed by atoms with Crippen LogP contribution in [0.4, 0.5) is 8.78 Å². The number of carbonyl (C=O) groups excluding carboxylic acids is 1. The van der Waals surface area contributed by atoms with Crippen molar-refractivity contribution in [3.8, 4) is 11.5 Å². The summed E-state index contributed by atoms with van der Waals surface area (Å²) in [5.41, 5.74) is 1.09. The number of allylic oxidation sites excluding steroid dienone is 4. The molecule has 0 spiro atoms. The van der Waals surface area contributed by atoms with Crippen LogP contribution >= 0.6 is 23.2 Å². The molecule has 34 heavy (non-hydrogen) atoms. The molecule has 9 heteroatoms. The summed E-state index contributed by atoms with van der Waals surface area (Å²) in [5, 5.41) is 3.84. The van der Waals surface area contributed by atoms with Crippen LogP contribution in [-0.2, 0) is 9.53 Å². The van der Waals surface area contributed by atoms with E-state index in [1.54, 1.807) is 25.1 Å². The molecule has 0 amide bonds. The average molecular weight is 516 g/mol. The first-order valence-corrected chi connectivity index (χ1v) is 12.1. The van der Waals surface area contributed by atoms with Gasteiger partial charge in [-0.3, -0.25) is 4.79 Å². The monoisotopic (exact) mass is 515 g/mol. The molecule has 1 saturated carbocycles. The highest BCUT2D eigenvalue weighted by molar-refractivity contribution is 6.36. The van der Waals surface area contributed by atoms with Crippen LogP contribution in [0.15, 0.2) is 52.6 Å². The molecule has 2 fully saturated rings. The van der Waals surface area contributed by atoms with Crippen molar-refractivity contribution in [1.82, 2.24) is 5.32 Å². The molecule has 1 aromatic rings. The normalized spacial score (nSPS) is 20.1. The first-order valence-electron chi connectivity index (χ1n) is 11.3. The molecule has 0 radical (unpaired) electrons. The molecule has 1 aliphatic heterocycles. The Morgan fingerprint density at radius 3 is 2.62 bits per heavy atom. The molecular formula is C25H29Cl2F2NO4. The van der Waals surface area contributed by atoms with Crippen molar-refractivity contribution in [1.29, 1.82) is 0 Å². The van der Waals surface area contributed by atoms with Crippen LogP contribution in [0.5, 0.6) is 11.5 Å². The zero-order chi connectivity index (χ0) is 24.7. The van der Waals surface area contributed by atoms with Gasteiger partial charge in [-0.1, -0.05) is 48.0 Å². The predicted molar refractivity (Wildman–Crippen MR) is 128 cm³/mol. The summed E-state index contributed by atoms with van der Waals surface area (Å²) in [6.07, 6.45) is 6.13. The SMILES string of the molecule is C=C/C(Cl)=C(C[C@H](OC(=O)[C@@H]1CCCN1)c1ccc(OC(F)F)c(OCC2CC2)c1)\C(Cl)=C/C. The van der Waals surface area contributed by atoms with Crippen molar-refractivity contribution in [3.63, 3.8) is 0 Å². The average Bonchev–Trinajstić information content (AvgIpc) is 3.49. The van der Waals surface area contributed by atoms with Crippen molar-refractivity contribution >= 4 is 29.2 Å². The second kappa shape index (κ2) is 12.6. The number of alkyl halides is 2. The molecule has 3 rings (SSSR count). The quantitative estimate of drug-likeness (QED) is 0.250. The number of hydrogen-bond acceptors (Lipinski definition) is 5. The number of hydrogen-bond donors (Lipinski definition) is 1. The molecule has 0 bridgehead atoms. The summed E-state index contributed by atoms with van der Waals surface area (Å²) in [6.45, 7) is 3.61. The van der Waals surface area contributed by atoms with Gasteiger partial charge in [0.25, 0.3) is 0 Å². The summed E-state index contributed by atoms with van der Waals surface area (Å²) < 4.78 is 42.2. The minimum atomic E-state index is -2.99. The molecule has 5 nitrogen and oxygen atoms in total. The van der Waals surface area contributed by atoms with E-state index in [1.807, 2.05) is 0 Å². The van der Waals surface area contributed by atoms with Gasteiger partial charge in [-0.05, 0) is 68.3 Å². The first-order chi connectivity index (χ1) is 16.3. The van der Waals surface area contributed by atoms with Crippen molar-refractivity contribution in [2.45, 2.75) is 57.8 Å². The molecule has 0 unspecified atom stereocenters. The van der Waals surface area contributed by atoms with E-state index < -0.39 is 24.7 Å². The van der Waals surface area contributed by atoms with Gasteiger partial charge in [-0.15, -0.1) is 0 Å². The number of halogens is 4. The summed E-state index contributed by atoms with van der Waals surface area (Å²) in [6, 6.07) is 4.14. The summed E-state index contributed by atoms with van der Waals surface area (Å²) in [4.78, 5) is 12.9. The minimum Gasteiger partial charge on any atom is -0.489 e. The van der Waals surface area contributed by atoms with E-state index >= 15 is 0 Å². The van der Waals surface area contributed by atoms with Gasteiger partial charge in [-0.2, -0.15) is 8.78 Å². The smallest absolute Gasteiger partial charge is 0.387 e. The van der Waals surface area contributed by atoms with Crippen LogP contribution in [0.2, 0.25) is 0 Å². The van der Waals surface area contributed by atoms with Gasteiger partial charge in [0.15, 0.2) is 11.5 Å². The molecule has 0 aromatic heterocycles. The van der Waals surface area contributed by atoms with Gasteiger partial charge >= 0.3 is 12.6 Å². The van der Waals surface area contributed by atoms with Crippen LogP contribution in [0.1, 0.15) is 50.7 Å². The standard InChI is InChI=1S/C25H29Cl2F2NO4/c1-3-18(26)17(19(27)4-2)13-22(33-24(31)20-6-5-11-30-20)16-9-10-21(34-25(28)29)23(12-16)32-14-15-7-8-15/h3-4,9-10,12,15,20,22,25,30H,1,5-8,11,13-14H2,2H3/b18-17+,19-4+/t20-,22-/m0/s1. The van der Waals surface area contributed by atoms with Crippen LogP contribution in [0.25, 0.3) is 0 Å². The van der Waals surface area contributed by atoms with Gasteiger partial charge in [0, 0.05) is 16.5 Å². The highest BCUT2D eigenvalue weighted by Gasteiger charge is 2.29. The van der Waals surface area contributed by atoms with Gasteiger partial charge in [-0.25, -0.2) is 0 Å². The van der Waals surface area contributed by atoms with Crippen molar-refractivity contribution in [2.75, 3.05) is 13.2 Å². The lowest BCUT2D eigenvalue weighted by atomic mass is 9.99. The Bertz CT molecular complexity index is 941. The third kappa shape index (κ3) is 7.45. The maximum Gasteiger partial charge on any atom is 0.387 e. The number of esters is 1. The summed E-state index contributed by atoms with van der Waals surface area (Å²) >= 11 is 12.8. The van der Waals surface area contributed by atoms with Crippen LogP contribution < -0.4 is 14.8 Å². The number of nitrogens with one attached hydrogen (secondary N) is 1. The molecular weight excluding hydrogens is 487 g/mol. The van der Waals surface area contributed by atoms with E-state index in [9.17, 15) is 13.6 Å². The number of rotatable bonds is 12. The van der Waals surface area contributed by atoms with Crippen LogP contribution in [0, 0.1) is 5.92 Å². The fraction of sp³-hybridized carbons (Fsp3) is 0.480. The molecule has 1 aromatic carbocycles. The number of carbonyl (C=O) groups is 1. The minimum absolute atomic E-state index is 0.0756. The third-order valence-corrected chi connectivity index (χ3v) is 6.56. The topological polar surface area (TPSA) is 56.8 Å². The van der Waals surface area contributed by atoms with E-state index in [0.29, 0.717) is 40.1 Å². The Labute approximate surface area is 208 Å². The van der Waals surface area contributed by atoms with Crippen molar-refractivity contribution in [2.24, 2.45) is 5.92 Å². The fourth-order valence-electron chi connectivity index (χ4n) is 3.65. The lowest BCUT2D eigenvalue weighted by Gasteiger charge is -2.23. The van der Waals surface area contributed by atoms with E-state index in [4.69, 9.17) is 32.7 Å². The lowest BCUT2D eigenvalue weighted by Crippen LogP contribution is -2.33. The van der Waals surface area contributed by atoms with Crippen LogP contribution in [0.3, 0.4) is 0 Å². The Kier molecular flexibility index (Phi) is 9.80. The second-order valence-electron chi connectivity index (χ2n) is 8.28. The highest BCUT2D eigenvalue weighted by atomic mass is 35.5. The molecule has 1 heterocycles. The molecule has 1 N–H and O–H groups in total. The third-order valence-electron chi connectivity index (χ3n) is 5.73. The first kappa shape index (κ1) is 26.5. The van der Waals surface area contributed by atoms with Crippen molar-refractivity contribution < 1.29 is 27.8 Å². The van der Waals surface area contributed by atoms with E-state index in [0.717, 1.165) is 25.8 Å². The number of benzene rings is 1. The molecule has 2 atom stereocenters. The maximum absolute atomic E-state index is 12.9. The Hall–Kier alpha value is -2.09. The zero-order valence-corrected chi connectivity index (χ0v) is 20.5. The second-order valence-corrected chi connectivity index (χ2v) is 9.10. The van der Waals surface area contributed by atoms with Crippen LogP contribution in [-0.4, -0.2) is 31.8 Å². The van der Waals surface area contributed by atoms with Gasteiger partial charge in [0.2, 0.25) is 0 Å². The van der Waals surface area contributed by atoms with Crippen molar-refractivity contribution in [3.05, 3.63) is 58.1 Å². The largest absolute Gasteiger partial charge is 0.489 e. The summed E-state index contributed by atoms with van der Waals surface area (Å²) in [5.74, 6) is 0.0941. The van der Waals surface area contributed by atoms with E-state index in [2.05, 4.69) is 16.6 Å². The van der Waals surface area contributed by atoms with E-state index in [-0.39, 0.29) is 17.9 Å². The Balaban J connectivity index is 1.94. The molecule has 1 aliphatic carbocycles. The van der Waals surface area contributed by atoms with Gasteiger partial charge in [0.05, 0.1) is 6.61 Å². The highest BCUT2D eigenvalue weighted by Crippen LogP contribution is 2.39. The van der Waals surface area contributed by atoms with Gasteiger partial charge in [0.1, 0.15) is 12.1 Å².